The van der Waals surface area contributed by atoms with Crippen LogP contribution in [0.25, 0.3) is 6.08 Å². The monoisotopic (exact) mass is 427 g/mol. The molecular weight excluding hydrogens is 398 g/mol. The fourth-order valence-electron chi connectivity index (χ4n) is 3.35. The van der Waals surface area contributed by atoms with Gasteiger partial charge in [-0.05, 0) is 24.6 Å². The summed E-state index contributed by atoms with van der Waals surface area (Å²) in [6, 6.07) is 16.8. The predicted molar refractivity (Wildman–Crippen MR) is 119 cm³/mol. The fourth-order valence-corrected chi connectivity index (χ4v) is 4.47. The number of likely N-dealkylation sites (N-methyl/N-ethyl adjacent to an activating group) is 1. The minimum absolute atomic E-state index is 0.149. The highest BCUT2D eigenvalue weighted by atomic mass is 32.2. The Labute approximate surface area is 179 Å². The summed E-state index contributed by atoms with van der Waals surface area (Å²) in [7, 11) is -2.22. The van der Waals surface area contributed by atoms with Crippen molar-refractivity contribution in [3.05, 3.63) is 71.8 Å². The number of hydrogen-bond acceptors (Lipinski definition) is 4. The third-order valence-electron chi connectivity index (χ3n) is 5.29. The summed E-state index contributed by atoms with van der Waals surface area (Å²) in [6.07, 6.45) is 4.23. The Balaban J connectivity index is 1.48. The fraction of sp³-hybridized carbons (Fsp3) is 0.348. The SMILES string of the molecule is Cc1ccc(S(=O)(=O)N(C)CC(=O)N2CCN(CC=Cc3ccccc3)CC2)cc1. The Morgan fingerprint density at radius 3 is 2.27 bits per heavy atom. The van der Waals surface area contributed by atoms with Crippen LogP contribution in [0, 0.1) is 6.92 Å². The smallest absolute Gasteiger partial charge is 0.243 e. The molecule has 0 unspecified atom stereocenters. The van der Waals surface area contributed by atoms with Crippen molar-refractivity contribution in [2.24, 2.45) is 0 Å². The van der Waals surface area contributed by atoms with Gasteiger partial charge in [0, 0.05) is 39.8 Å². The van der Waals surface area contributed by atoms with E-state index in [1.807, 2.05) is 25.1 Å². The summed E-state index contributed by atoms with van der Waals surface area (Å²) in [5, 5.41) is 0. The molecule has 0 N–H and O–H groups in total. The third kappa shape index (κ3) is 5.78. The first kappa shape index (κ1) is 22.2. The largest absolute Gasteiger partial charge is 0.339 e. The van der Waals surface area contributed by atoms with E-state index in [4.69, 9.17) is 0 Å². The zero-order chi connectivity index (χ0) is 21.6. The molecule has 0 radical (unpaired) electrons. The summed E-state index contributed by atoms with van der Waals surface area (Å²) in [6.45, 7) is 5.36. The molecule has 2 aromatic carbocycles. The first-order chi connectivity index (χ1) is 14.4. The minimum Gasteiger partial charge on any atom is -0.339 e. The van der Waals surface area contributed by atoms with E-state index in [-0.39, 0.29) is 17.3 Å². The number of piperazine rings is 1. The summed E-state index contributed by atoms with van der Waals surface area (Å²) in [5.74, 6) is -0.160. The second-order valence-electron chi connectivity index (χ2n) is 7.57. The number of hydrogen-bond donors (Lipinski definition) is 0. The van der Waals surface area contributed by atoms with Gasteiger partial charge in [0.15, 0.2) is 0 Å². The molecule has 1 fully saturated rings. The number of carbonyl (C=O) groups is 1. The van der Waals surface area contributed by atoms with Crippen molar-refractivity contribution >= 4 is 22.0 Å². The normalized spacial score (nSPS) is 15.8. The van der Waals surface area contributed by atoms with Gasteiger partial charge in [-0.1, -0.05) is 60.2 Å². The van der Waals surface area contributed by atoms with E-state index in [0.29, 0.717) is 13.1 Å². The van der Waals surface area contributed by atoms with Crippen LogP contribution in [0.5, 0.6) is 0 Å². The van der Waals surface area contributed by atoms with Gasteiger partial charge in [0.1, 0.15) is 0 Å². The van der Waals surface area contributed by atoms with Crippen LogP contribution in [0.2, 0.25) is 0 Å². The van der Waals surface area contributed by atoms with Crippen LogP contribution in [0.15, 0.2) is 65.6 Å². The van der Waals surface area contributed by atoms with Crippen LogP contribution in [0.3, 0.4) is 0 Å². The molecule has 0 spiro atoms. The molecule has 0 atom stereocenters. The highest BCUT2D eigenvalue weighted by Crippen LogP contribution is 2.15. The number of nitrogens with zero attached hydrogens (tertiary/aromatic N) is 3. The van der Waals surface area contributed by atoms with Crippen LogP contribution in [0.4, 0.5) is 0 Å². The van der Waals surface area contributed by atoms with Crippen molar-refractivity contribution in [1.29, 1.82) is 0 Å². The van der Waals surface area contributed by atoms with E-state index >= 15 is 0 Å². The number of amides is 1. The Hall–Kier alpha value is -2.48. The maximum atomic E-state index is 12.7. The van der Waals surface area contributed by atoms with E-state index in [1.165, 1.54) is 12.6 Å². The highest BCUT2D eigenvalue weighted by molar-refractivity contribution is 7.89. The molecule has 0 aromatic heterocycles. The van der Waals surface area contributed by atoms with Gasteiger partial charge in [0.25, 0.3) is 0 Å². The van der Waals surface area contributed by atoms with Gasteiger partial charge in [-0.3, -0.25) is 9.69 Å². The molecule has 0 bridgehead atoms. The van der Waals surface area contributed by atoms with E-state index in [9.17, 15) is 13.2 Å². The summed E-state index contributed by atoms with van der Waals surface area (Å²) in [4.78, 5) is 16.9. The Kier molecular flexibility index (Phi) is 7.42. The van der Waals surface area contributed by atoms with Crippen molar-refractivity contribution < 1.29 is 13.2 Å². The lowest BCUT2D eigenvalue weighted by Crippen LogP contribution is -2.51. The lowest BCUT2D eigenvalue weighted by molar-refractivity contribution is -0.132. The lowest BCUT2D eigenvalue weighted by Gasteiger charge is -2.34. The molecule has 0 saturated carbocycles. The van der Waals surface area contributed by atoms with Gasteiger partial charge in [-0.15, -0.1) is 0 Å². The van der Waals surface area contributed by atoms with Gasteiger partial charge in [-0.25, -0.2) is 8.42 Å². The zero-order valence-corrected chi connectivity index (χ0v) is 18.4. The molecule has 6 nitrogen and oxygen atoms in total. The average Bonchev–Trinajstić information content (AvgIpc) is 2.75. The highest BCUT2D eigenvalue weighted by Gasteiger charge is 2.26. The van der Waals surface area contributed by atoms with Crippen molar-refractivity contribution in [2.45, 2.75) is 11.8 Å². The Bertz CT molecular complexity index is 965. The molecule has 1 aliphatic heterocycles. The number of rotatable bonds is 7. The van der Waals surface area contributed by atoms with Crippen LogP contribution < -0.4 is 0 Å². The van der Waals surface area contributed by atoms with Crippen molar-refractivity contribution in [3.8, 4) is 0 Å². The molecular formula is C23H29N3O3S. The number of benzene rings is 2. The van der Waals surface area contributed by atoms with Gasteiger partial charge in [0.2, 0.25) is 15.9 Å². The van der Waals surface area contributed by atoms with Crippen LogP contribution in [0.1, 0.15) is 11.1 Å². The maximum absolute atomic E-state index is 12.7. The molecule has 1 aliphatic rings. The summed E-state index contributed by atoms with van der Waals surface area (Å²) >= 11 is 0. The molecule has 7 heteroatoms. The third-order valence-corrected chi connectivity index (χ3v) is 7.10. The van der Waals surface area contributed by atoms with Crippen molar-refractivity contribution in [1.82, 2.24) is 14.1 Å². The van der Waals surface area contributed by atoms with Crippen molar-refractivity contribution in [2.75, 3.05) is 46.3 Å². The van der Waals surface area contributed by atoms with E-state index in [0.717, 1.165) is 29.5 Å². The zero-order valence-electron chi connectivity index (χ0n) is 17.6. The first-order valence-electron chi connectivity index (χ1n) is 10.1. The lowest BCUT2D eigenvalue weighted by atomic mass is 10.2. The Morgan fingerprint density at radius 1 is 1.00 bits per heavy atom. The summed E-state index contributed by atoms with van der Waals surface area (Å²) in [5.41, 5.74) is 2.16. The second-order valence-corrected chi connectivity index (χ2v) is 9.61. The van der Waals surface area contributed by atoms with Crippen LogP contribution in [-0.2, 0) is 14.8 Å². The van der Waals surface area contributed by atoms with E-state index in [1.54, 1.807) is 29.2 Å². The van der Waals surface area contributed by atoms with Gasteiger partial charge in [0.05, 0.1) is 11.4 Å². The number of sulfonamides is 1. The maximum Gasteiger partial charge on any atom is 0.243 e. The number of carbonyl (C=O) groups excluding carboxylic acids is 1. The quantitative estimate of drug-likeness (QED) is 0.681. The molecule has 1 saturated heterocycles. The molecule has 1 amide bonds. The topological polar surface area (TPSA) is 60.9 Å². The number of aryl methyl sites for hydroxylation is 1. The molecule has 3 rings (SSSR count). The molecule has 1 heterocycles. The Morgan fingerprint density at radius 2 is 1.63 bits per heavy atom. The molecule has 30 heavy (non-hydrogen) atoms. The van der Waals surface area contributed by atoms with E-state index in [2.05, 4.69) is 29.2 Å². The van der Waals surface area contributed by atoms with Gasteiger partial charge >= 0.3 is 0 Å². The van der Waals surface area contributed by atoms with Crippen LogP contribution in [-0.4, -0.2) is 74.7 Å². The molecule has 160 valence electrons. The molecule has 0 aliphatic carbocycles. The van der Waals surface area contributed by atoms with Crippen LogP contribution >= 0.6 is 0 Å². The molecule has 2 aromatic rings. The van der Waals surface area contributed by atoms with Crippen molar-refractivity contribution in [3.63, 3.8) is 0 Å². The standard InChI is InChI=1S/C23H29N3O3S/c1-20-10-12-22(13-11-20)30(28,29)24(2)19-23(27)26-17-15-25(16-18-26)14-6-9-21-7-4-3-5-8-21/h3-13H,14-19H2,1-2H3. The predicted octanol–water partition coefficient (Wildman–Crippen LogP) is 2.47. The minimum atomic E-state index is -3.67. The second kappa shape index (κ2) is 10.0. The van der Waals surface area contributed by atoms with Gasteiger partial charge in [-0.2, -0.15) is 4.31 Å². The average molecular weight is 428 g/mol. The van der Waals surface area contributed by atoms with E-state index < -0.39 is 10.0 Å². The first-order valence-corrected chi connectivity index (χ1v) is 11.5. The summed E-state index contributed by atoms with van der Waals surface area (Å²) < 4.78 is 26.5. The van der Waals surface area contributed by atoms with Gasteiger partial charge < -0.3 is 4.90 Å².